The summed E-state index contributed by atoms with van der Waals surface area (Å²) in [6.07, 6.45) is 8.53. The summed E-state index contributed by atoms with van der Waals surface area (Å²) in [6, 6.07) is 3.92. The van der Waals surface area contributed by atoms with Gasteiger partial charge >= 0.3 is 5.97 Å². The molecule has 0 spiro atoms. The van der Waals surface area contributed by atoms with Crippen molar-refractivity contribution in [2.24, 2.45) is 0 Å². The Kier molecular flexibility index (Phi) is 4.98. The number of carbonyl (C=O) groups is 1. The molecule has 0 unspecified atom stereocenters. The number of anilines is 1. The summed E-state index contributed by atoms with van der Waals surface area (Å²) in [5.41, 5.74) is 1.87. The van der Waals surface area contributed by atoms with E-state index in [1.807, 2.05) is 29.8 Å². The van der Waals surface area contributed by atoms with Crippen molar-refractivity contribution in [2.75, 3.05) is 11.9 Å². The van der Waals surface area contributed by atoms with Crippen LogP contribution in [0.3, 0.4) is 0 Å². The second-order valence-electron chi connectivity index (χ2n) is 6.02. The summed E-state index contributed by atoms with van der Waals surface area (Å²) >= 11 is 1.32. The van der Waals surface area contributed by atoms with Crippen LogP contribution < -0.4 is 5.32 Å². The van der Waals surface area contributed by atoms with Gasteiger partial charge in [0.15, 0.2) is 0 Å². The van der Waals surface area contributed by atoms with Crippen molar-refractivity contribution in [1.29, 1.82) is 0 Å². The number of imidazole rings is 1. The lowest BCUT2D eigenvalue weighted by Gasteiger charge is -2.09. The number of esters is 1. The normalized spacial score (nSPS) is 10.9. The van der Waals surface area contributed by atoms with Crippen LogP contribution in [-0.4, -0.2) is 37.1 Å². The van der Waals surface area contributed by atoms with E-state index >= 15 is 0 Å². The van der Waals surface area contributed by atoms with Crippen molar-refractivity contribution >= 4 is 33.3 Å². The fraction of sp³-hybridized carbons (Fsp3) is 0.211. The molecule has 0 aliphatic heterocycles. The Morgan fingerprint density at radius 1 is 1.29 bits per heavy atom. The molecule has 8 nitrogen and oxygen atoms in total. The van der Waals surface area contributed by atoms with Crippen LogP contribution in [0.25, 0.3) is 16.0 Å². The number of hydrogen-bond donors (Lipinski definition) is 1. The zero-order chi connectivity index (χ0) is 19.5. The molecule has 4 aromatic rings. The molecular weight excluding hydrogens is 376 g/mol. The van der Waals surface area contributed by atoms with Gasteiger partial charge in [-0.25, -0.2) is 24.7 Å². The van der Waals surface area contributed by atoms with Gasteiger partial charge in [-0.3, -0.25) is 4.57 Å². The van der Waals surface area contributed by atoms with Gasteiger partial charge < -0.3 is 10.1 Å². The van der Waals surface area contributed by atoms with Crippen molar-refractivity contribution in [3.8, 4) is 5.82 Å². The number of nitrogens with zero attached hydrogens (tertiary/aromatic N) is 5. The minimum Gasteiger partial charge on any atom is -0.462 e. The number of aromatic nitrogens is 5. The molecule has 4 aromatic heterocycles. The van der Waals surface area contributed by atoms with Gasteiger partial charge in [0.05, 0.1) is 12.0 Å². The van der Waals surface area contributed by atoms with E-state index in [9.17, 15) is 4.79 Å². The van der Waals surface area contributed by atoms with Crippen LogP contribution in [0.1, 0.15) is 27.7 Å². The standard InChI is InChI=1S/C19H18N6O2S/c1-3-27-19(26)16-12(2)15-17(23-10-24-18(15)28-16)22-9-13-4-5-21-14(8-13)25-7-6-20-11-25/h4-8,10-11H,3,9H2,1-2H3,(H,22,23,24). The van der Waals surface area contributed by atoms with Crippen LogP contribution in [0.4, 0.5) is 5.82 Å². The molecule has 1 N–H and O–H groups in total. The average molecular weight is 394 g/mol. The van der Waals surface area contributed by atoms with E-state index < -0.39 is 0 Å². The minimum atomic E-state index is -0.326. The molecule has 4 heterocycles. The third-order valence-corrected chi connectivity index (χ3v) is 5.41. The second-order valence-corrected chi connectivity index (χ2v) is 7.02. The number of carbonyl (C=O) groups excluding carboxylic acids is 1. The lowest BCUT2D eigenvalue weighted by molar-refractivity contribution is 0.0531. The van der Waals surface area contributed by atoms with Crippen LogP contribution in [0.15, 0.2) is 43.4 Å². The Balaban J connectivity index is 1.60. The van der Waals surface area contributed by atoms with Crippen LogP contribution in [0.5, 0.6) is 0 Å². The van der Waals surface area contributed by atoms with Gasteiger partial charge in [0.1, 0.15) is 34.0 Å². The number of hydrogen-bond acceptors (Lipinski definition) is 8. The monoisotopic (exact) mass is 394 g/mol. The molecule has 0 saturated carbocycles. The predicted octanol–water partition coefficient (Wildman–Crippen LogP) is 3.37. The highest BCUT2D eigenvalue weighted by atomic mass is 32.1. The number of fused-ring (bicyclic) bond motifs is 1. The van der Waals surface area contributed by atoms with Gasteiger partial charge in [0.25, 0.3) is 0 Å². The number of thiophene rings is 1. The lowest BCUT2D eigenvalue weighted by Crippen LogP contribution is -2.05. The quantitative estimate of drug-likeness (QED) is 0.501. The van der Waals surface area contributed by atoms with E-state index in [1.165, 1.54) is 17.7 Å². The molecule has 0 radical (unpaired) electrons. The second kappa shape index (κ2) is 7.73. The summed E-state index contributed by atoms with van der Waals surface area (Å²) < 4.78 is 6.99. The summed E-state index contributed by atoms with van der Waals surface area (Å²) in [7, 11) is 0. The van der Waals surface area contributed by atoms with Crippen LogP contribution in [-0.2, 0) is 11.3 Å². The zero-order valence-corrected chi connectivity index (χ0v) is 16.2. The topological polar surface area (TPSA) is 94.8 Å². The number of aryl methyl sites for hydroxylation is 1. The Labute approximate surface area is 165 Å². The van der Waals surface area contributed by atoms with Crippen molar-refractivity contribution < 1.29 is 9.53 Å². The van der Waals surface area contributed by atoms with Gasteiger partial charge in [-0.2, -0.15) is 0 Å². The number of pyridine rings is 1. The summed E-state index contributed by atoms with van der Waals surface area (Å²) in [5.74, 6) is 1.16. The predicted molar refractivity (Wildman–Crippen MR) is 107 cm³/mol. The molecule has 0 saturated heterocycles. The number of ether oxygens (including phenoxy) is 1. The fourth-order valence-corrected chi connectivity index (χ4v) is 3.93. The summed E-state index contributed by atoms with van der Waals surface area (Å²) in [6.45, 7) is 4.58. The molecular formula is C19H18N6O2S. The van der Waals surface area contributed by atoms with Gasteiger partial charge in [-0.1, -0.05) is 0 Å². The Morgan fingerprint density at radius 3 is 2.96 bits per heavy atom. The molecule has 9 heteroatoms. The molecule has 4 rings (SSSR count). The van der Waals surface area contributed by atoms with E-state index in [1.54, 1.807) is 25.6 Å². The molecule has 0 aliphatic rings. The highest BCUT2D eigenvalue weighted by Gasteiger charge is 2.20. The van der Waals surface area contributed by atoms with Crippen molar-refractivity contribution in [3.05, 3.63) is 59.4 Å². The maximum absolute atomic E-state index is 12.2. The Bertz CT molecular complexity index is 1120. The van der Waals surface area contributed by atoms with E-state index in [0.29, 0.717) is 23.8 Å². The van der Waals surface area contributed by atoms with Gasteiger partial charge in [0.2, 0.25) is 0 Å². The molecule has 0 atom stereocenters. The molecule has 0 fully saturated rings. The molecule has 28 heavy (non-hydrogen) atoms. The third-order valence-electron chi connectivity index (χ3n) is 4.23. The highest BCUT2D eigenvalue weighted by Crippen LogP contribution is 2.33. The number of rotatable bonds is 6. The largest absolute Gasteiger partial charge is 0.462 e. The first-order valence-corrected chi connectivity index (χ1v) is 9.57. The fourth-order valence-electron chi connectivity index (χ4n) is 2.89. The highest BCUT2D eigenvalue weighted by molar-refractivity contribution is 7.20. The maximum Gasteiger partial charge on any atom is 0.348 e. The lowest BCUT2D eigenvalue weighted by atomic mass is 10.2. The summed E-state index contributed by atoms with van der Waals surface area (Å²) in [4.78, 5) is 30.6. The first kappa shape index (κ1) is 18.1. The molecule has 142 valence electrons. The van der Waals surface area contributed by atoms with Crippen molar-refractivity contribution in [2.45, 2.75) is 20.4 Å². The third kappa shape index (κ3) is 3.44. The van der Waals surface area contributed by atoms with Crippen molar-refractivity contribution in [1.82, 2.24) is 24.5 Å². The van der Waals surface area contributed by atoms with Gasteiger partial charge in [-0.15, -0.1) is 11.3 Å². The Morgan fingerprint density at radius 2 is 2.18 bits per heavy atom. The van der Waals surface area contributed by atoms with Crippen LogP contribution in [0, 0.1) is 6.92 Å². The van der Waals surface area contributed by atoms with E-state index in [0.717, 1.165) is 27.2 Å². The van der Waals surface area contributed by atoms with Gasteiger partial charge in [-0.05, 0) is 37.1 Å². The van der Waals surface area contributed by atoms with Crippen molar-refractivity contribution in [3.63, 3.8) is 0 Å². The maximum atomic E-state index is 12.2. The first-order valence-electron chi connectivity index (χ1n) is 8.75. The molecule has 0 amide bonds. The minimum absolute atomic E-state index is 0.326. The molecule has 0 aliphatic carbocycles. The number of nitrogens with one attached hydrogen (secondary N) is 1. The smallest absolute Gasteiger partial charge is 0.348 e. The van der Waals surface area contributed by atoms with Crippen LogP contribution in [0.2, 0.25) is 0 Å². The molecule has 0 bridgehead atoms. The van der Waals surface area contributed by atoms with E-state index in [2.05, 4.69) is 25.3 Å². The SMILES string of the molecule is CCOC(=O)c1sc2ncnc(NCc3ccnc(-n4ccnc4)c3)c2c1C. The summed E-state index contributed by atoms with van der Waals surface area (Å²) in [5, 5.41) is 4.20. The zero-order valence-electron chi connectivity index (χ0n) is 15.4. The Hall–Kier alpha value is -3.33. The average Bonchev–Trinajstić information content (AvgIpc) is 3.36. The first-order chi connectivity index (χ1) is 13.7. The van der Waals surface area contributed by atoms with Crippen LogP contribution >= 0.6 is 11.3 Å². The van der Waals surface area contributed by atoms with Gasteiger partial charge in [0, 0.05) is 25.1 Å². The van der Waals surface area contributed by atoms with E-state index in [4.69, 9.17) is 4.74 Å². The van der Waals surface area contributed by atoms with E-state index in [-0.39, 0.29) is 5.97 Å². The molecule has 0 aromatic carbocycles.